The largest absolute Gasteiger partial charge is 0.456 e. The highest BCUT2D eigenvalue weighted by Crippen LogP contribution is 2.39. The van der Waals surface area contributed by atoms with Gasteiger partial charge in [-0.05, 0) is 75.8 Å². The van der Waals surface area contributed by atoms with Gasteiger partial charge in [-0.1, -0.05) is 146 Å². The smallest absolute Gasteiger partial charge is 0.164 e. The van der Waals surface area contributed by atoms with E-state index in [2.05, 4.69) is 146 Å². The summed E-state index contributed by atoms with van der Waals surface area (Å²) in [5.41, 5.74) is 11.3. The van der Waals surface area contributed by atoms with Crippen molar-refractivity contribution in [1.29, 1.82) is 0 Å². The monoisotopic (exact) mass is 733 g/mol. The van der Waals surface area contributed by atoms with Crippen LogP contribution < -0.4 is 0 Å². The van der Waals surface area contributed by atoms with Crippen molar-refractivity contribution in [1.82, 2.24) is 15.0 Å². The number of thiophene rings is 1. The Labute approximate surface area is 327 Å². The first kappa shape index (κ1) is 32.2. The molecule has 0 radical (unpaired) electrons. The molecule has 0 aliphatic rings. The molecule has 0 aliphatic carbocycles. The molecule has 0 bridgehead atoms. The number of hydrogen-bond acceptors (Lipinski definition) is 5. The lowest BCUT2D eigenvalue weighted by molar-refractivity contribution is 0.669. The molecule has 56 heavy (non-hydrogen) atoms. The fraction of sp³-hybridized carbons (Fsp3) is 0. The summed E-state index contributed by atoms with van der Waals surface area (Å²) in [5, 5.41) is 4.75. The highest BCUT2D eigenvalue weighted by Gasteiger charge is 2.16. The molecule has 0 saturated heterocycles. The van der Waals surface area contributed by atoms with E-state index in [-0.39, 0.29) is 0 Å². The minimum Gasteiger partial charge on any atom is -0.456 e. The second-order valence-electron chi connectivity index (χ2n) is 14.0. The van der Waals surface area contributed by atoms with Crippen LogP contribution in [0.25, 0.3) is 110 Å². The van der Waals surface area contributed by atoms with Crippen LogP contribution in [0.3, 0.4) is 0 Å². The molecular weight excluding hydrogens is 703 g/mol. The molecule has 262 valence electrons. The van der Waals surface area contributed by atoms with Gasteiger partial charge < -0.3 is 4.42 Å². The molecule has 3 aromatic heterocycles. The van der Waals surface area contributed by atoms with Gasteiger partial charge in [-0.15, -0.1) is 11.3 Å². The van der Waals surface area contributed by atoms with Crippen molar-refractivity contribution in [3.8, 4) is 67.5 Å². The quantitative estimate of drug-likeness (QED) is 0.171. The summed E-state index contributed by atoms with van der Waals surface area (Å²) >= 11 is 1.85. The first-order chi connectivity index (χ1) is 27.7. The first-order valence-corrected chi connectivity index (χ1v) is 19.5. The molecule has 4 nitrogen and oxygen atoms in total. The van der Waals surface area contributed by atoms with Gasteiger partial charge in [0, 0.05) is 47.6 Å². The molecule has 0 N–H and O–H groups in total. The predicted octanol–water partition coefficient (Wildman–Crippen LogP) is 14.1. The van der Waals surface area contributed by atoms with Crippen molar-refractivity contribution in [2.75, 3.05) is 0 Å². The Bertz CT molecular complexity index is 3240. The van der Waals surface area contributed by atoms with E-state index in [0.717, 1.165) is 55.3 Å². The number of aromatic nitrogens is 3. The second kappa shape index (κ2) is 13.3. The number of hydrogen-bond donors (Lipinski definition) is 0. The number of fused-ring (bicyclic) bond motifs is 6. The Morgan fingerprint density at radius 1 is 0.286 bits per heavy atom. The number of furan rings is 1. The average Bonchev–Trinajstić information content (AvgIpc) is 3.84. The molecule has 0 fully saturated rings. The van der Waals surface area contributed by atoms with Gasteiger partial charge in [0.2, 0.25) is 0 Å². The molecule has 0 spiro atoms. The van der Waals surface area contributed by atoms with Crippen molar-refractivity contribution in [3.05, 3.63) is 188 Å². The average molecular weight is 734 g/mol. The fourth-order valence-corrected chi connectivity index (χ4v) is 8.82. The Morgan fingerprint density at radius 3 is 1.41 bits per heavy atom. The lowest BCUT2D eigenvalue weighted by Crippen LogP contribution is -2.00. The maximum atomic E-state index is 6.58. The van der Waals surface area contributed by atoms with E-state index in [1.807, 2.05) is 53.8 Å². The van der Waals surface area contributed by atoms with Crippen LogP contribution in [-0.4, -0.2) is 15.0 Å². The number of rotatable bonds is 6. The summed E-state index contributed by atoms with van der Waals surface area (Å²) in [7, 11) is 0. The van der Waals surface area contributed by atoms with Crippen molar-refractivity contribution in [3.63, 3.8) is 0 Å². The molecule has 0 amide bonds. The molecule has 5 heteroatoms. The maximum absolute atomic E-state index is 6.58. The molecule has 0 unspecified atom stereocenters. The maximum Gasteiger partial charge on any atom is 0.164 e. The van der Waals surface area contributed by atoms with Crippen molar-refractivity contribution >= 4 is 53.4 Å². The van der Waals surface area contributed by atoms with Crippen LogP contribution in [0.15, 0.2) is 192 Å². The Morgan fingerprint density at radius 2 is 0.714 bits per heavy atom. The van der Waals surface area contributed by atoms with Gasteiger partial charge in [-0.3, -0.25) is 0 Å². The molecule has 0 saturated carbocycles. The van der Waals surface area contributed by atoms with Crippen LogP contribution in [0.5, 0.6) is 0 Å². The number of benzene rings is 8. The molecular formula is C51H31N3OS. The zero-order valence-corrected chi connectivity index (χ0v) is 30.9. The van der Waals surface area contributed by atoms with Gasteiger partial charge in [0.15, 0.2) is 17.5 Å². The standard InChI is InChI=1S/C51H31N3OS/c1-3-10-32(11-4-1)33-18-20-35(21-19-33)50-52-49(34-12-5-2-6-13-34)53-51(54-50)40-24-26-42-41-25-22-38(29-45(41)55-46(42)30-40)36-14-9-15-37(28-36)39-23-27-44-43-16-7-8-17-47(43)56-48(44)31-39/h1-31H. The Balaban J connectivity index is 0.949. The fourth-order valence-electron chi connectivity index (χ4n) is 7.67. The summed E-state index contributed by atoms with van der Waals surface area (Å²) in [4.78, 5) is 14.9. The highest BCUT2D eigenvalue weighted by molar-refractivity contribution is 7.25. The summed E-state index contributed by atoms with van der Waals surface area (Å²) in [6.45, 7) is 0. The van der Waals surface area contributed by atoms with Crippen molar-refractivity contribution in [2.45, 2.75) is 0 Å². The van der Waals surface area contributed by atoms with E-state index >= 15 is 0 Å². The summed E-state index contributed by atoms with van der Waals surface area (Å²) in [6.07, 6.45) is 0. The van der Waals surface area contributed by atoms with Crippen LogP contribution in [0.2, 0.25) is 0 Å². The third-order valence-electron chi connectivity index (χ3n) is 10.6. The van der Waals surface area contributed by atoms with Gasteiger partial charge in [0.25, 0.3) is 0 Å². The van der Waals surface area contributed by atoms with E-state index in [1.54, 1.807) is 0 Å². The van der Waals surface area contributed by atoms with Gasteiger partial charge in [0.05, 0.1) is 0 Å². The molecule has 11 aromatic rings. The molecule has 11 rings (SSSR count). The van der Waals surface area contributed by atoms with Gasteiger partial charge in [-0.25, -0.2) is 15.0 Å². The van der Waals surface area contributed by atoms with Crippen LogP contribution in [-0.2, 0) is 0 Å². The predicted molar refractivity (Wildman–Crippen MR) is 233 cm³/mol. The van der Waals surface area contributed by atoms with Gasteiger partial charge in [-0.2, -0.15) is 0 Å². The van der Waals surface area contributed by atoms with Crippen LogP contribution >= 0.6 is 11.3 Å². The van der Waals surface area contributed by atoms with Crippen molar-refractivity contribution < 1.29 is 4.42 Å². The zero-order valence-electron chi connectivity index (χ0n) is 30.1. The van der Waals surface area contributed by atoms with Crippen LogP contribution in [0.1, 0.15) is 0 Å². The SMILES string of the molecule is c1ccc(-c2ccc(-c3nc(-c4ccccc4)nc(-c4ccc5c(c4)oc4cc(-c6cccc(-c7ccc8c(c7)sc7ccccc78)c6)ccc45)n3)cc2)cc1. The molecule has 0 atom stereocenters. The minimum atomic E-state index is 0.592. The van der Waals surface area contributed by atoms with E-state index in [9.17, 15) is 0 Å². The Kier molecular flexibility index (Phi) is 7.64. The lowest BCUT2D eigenvalue weighted by Gasteiger charge is -2.09. The van der Waals surface area contributed by atoms with Crippen LogP contribution in [0.4, 0.5) is 0 Å². The summed E-state index contributed by atoms with van der Waals surface area (Å²) in [6, 6.07) is 65.8. The topological polar surface area (TPSA) is 51.8 Å². The van der Waals surface area contributed by atoms with Gasteiger partial charge in [0.1, 0.15) is 11.2 Å². The van der Waals surface area contributed by atoms with Crippen LogP contribution in [0, 0.1) is 0 Å². The van der Waals surface area contributed by atoms with E-state index in [0.29, 0.717) is 17.5 Å². The number of nitrogens with zero attached hydrogens (tertiary/aromatic N) is 3. The van der Waals surface area contributed by atoms with E-state index < -0.39 is 0 Å². The third kappa shape index (κ3) is 5.74. The van der Waals surface area contributed by atoms with E-state index in [1.165, 1.54) is 36.9 Å². The molecule has 8 aromatic carbocycles. The second-order valence-corrected chi connectivity index (χ2v) is 15.1. The minimum absolute atomic E-state index is 0.592. The Hall–Kier alpha value is -7.21. The molecule has 0 aliphatic heterocycles. The van der Waals surface area contributed by atoms with E-state index in [4.69, 9.17) is 19.4 Å². The third-order valence-corrected chi connectivity index (χ3v) is 11.7. The first-order valence-electron chi connectivity index (χ1n) is 18.7. The summed E-state index contributed by atoms with van der Waals surface area (Å²) < 4.78 is 9.21. The van der Waals surface area contributed by atoms with Crippen molar-refractivity contribution in [2.24, 2.45) is 0 Å². The normalized spacial score (nSPS) is 11.6. The lowest BCUT2D eigenvalue weighted by atomic mass is 9.97. The molecule has 3 heterocycles. The van der Waals surface area contributed by atoms with Gasteiger partial charge >= 0.3 is 0 Å². The zero-order chi connectivity index (χ0) is 37.0. The highest BCUT2D eigenvalue weighted by atomic mass is 32.1. The summed E-state index contributed by atoms with van der Waals surface area (Å²) in [5.74, 6) is 1.83.